The standard InChI is InChI=1S/C13H17NO6S/c1-18-9-5-6-10(21(14,16)17)12(19-2)11(9)13(15)20-7-8-3-4-8/h5-6,8H,3-4,7H2,1-2H3,(H2,14,16,17). The molecule has 21 heavy (non-hydrogen) atoms. The molecule has 0 aliphatic heterocycles. The first-order valence-corrected chi connectivity index (χ1v) is 7.88. The molecule has 0 amide bonds. The average Bonchev–Trinajstić information content (AvgIpc) is 3.26. The van der Waals surface area contributed by atoms with E-state index in [2.05, 4.69) is 0 Å². The van der Waals surface area contributed by atoms with E-state index in [1.54, 1.807) is 0 Å². The quantitative estimate of drug-likeness (QED) is 0.783. The van der Waals surface area contributed by atoms with Crippen LogP contribution in [0.1, 0.15) is 23.2 Å². The van der Waals surface area contributed by atoms with Gasteiger partial charge in [0, 0.05) is 0 Å². The lowest BCUT2D eigenvalue weighted by atomic mass is 10.1. The molecule has 116 valence electrons. The second-order valence-corrected chi connectivity index (χ2v) is 6.29. The second kappa shape index (κ2) is 5.90. The molecule has 0 unspecified atom stereocenters. The highest BCUT2D eigenvalue weighted by molar-refractivity contribution is 7.89. The number of hydrogen-bond donors (Lipinski definition) is 1. The Balaban J connectivity index is 2.46. The molecule has 1 aliphatic rings. The number of primary sulfonamides is 1. The summed E-state index contributed by atoms with van der Waals surface area (Å²) in [6, 6.07) is 2.57. The first kappa shape index (κ1) is 15.6. The molecule has 0 heterocycles. The lowest BCUT2D eigenvalue weighted by Gasteiger charge is -2.15. The molecule has 1 aromatic rings. The van der Waals surface area contributed by atoms with Gasteiger partial charge in [0.25, 0.3) is 0 Å². The van der Waals surface area contributed by atoms with Gasteiger partial charge in [-0.25, -0.2) is 18.4 Å². The molecule has 8 heteroatoms. The average molecular weight is 315 g/mol. The number of benzene rings is 1. The number of carbonyl (C=O) groups excluding carboxylic acids is 1. The van der Waals surface area contributed by atoms with Crippen LogP contribution in [0, 0.1) is 5.92 Å². The van der Waals surface area contributed by atoms with Crippen molar-refractivity contribution in [2.75, 3.05) is 20.8 Å². The van der Waals surface area contributed by atoms with E-state index < -0.39 is 16.0 Å². The number of methoxy groups -OCH3 is 2. The highest BCUT2D eigenvalue weighted by atomic mass is 32.2. The third-order valence-corrected chi connectivity index (χ3v) is 4.10. The van der Waals surface area contributed by atoms with Crippen molar-refractivity contribution in [2.45, 2.75) is 17.7 Å². The van der Waals surface area contributed by atoms with Crippen molar-refractivity contribution in [3.8, 4) is 11.5 Å². The molecule has 0 spiro atoms. The molecule has 1 aliphatic carbocycles. The molecule has 2 N–H and O–H groups in total. The molecule has 1 fully saturated rings. The van der Waals surface area contributed by atoms with Crippen LogP contribution >= 0.6 is 0 Å². The molecule has 0 aromatic heterocycles. The number of rotatable bonds is 6. The van der Waals surface area contributed by atoms with Crippen molar-refractivity contribution >= 4 is 16.0 Å². The maximum atomic E-state index is 12.2. The van der Waals surface area contributed by atoms with E-state index in [0.717, 1.165) is 12.8 Å². The number of esters is 1. The zero-order valence-corrected chi connectivity index (χ0v) is 12.6. The van der Waals surface area contributed by atoms with Gasteiger partial charge in [0.15, 0.2) is 5.75 Å². The van der Waals surface area contributed by atoms with E-state index in [-0.39, 0.29) is 22.0 Å². The van der Waals surface area contributed by atoms with Gasteiger partial charge in [0.05, 0.1) is 20.8 Å². The first-order valence-electron chi connectivity index (χ1n) is 6.33. The van der Waals surface area contributed by atoms with E-state index in [1.165, 1.54) is 26.4 Å². The Morgan fingerprint density at radius 2 is 1.95 bits per heavy atom. The highest BCUT2D eigenvalue weighted by Crippen LogP contribution is 2.36. The van der Waals surface area contributed by atoms with Crippen molar-refractivity contribution in [3.05, 3.63) is 17.7 Å². The van der Waals surface area contributed by atoms with Gasteiger partial charge in [-0.15, -0.1) is 0 Å². The maximum Gasteiger partial charge on any atom is 0.345 e. The topological polar surface area (TPSA) is 105 Å². The zero-order chi connectivity index (χ0) is 15.6. The van der Waals surface area contributed by atoms with Crippen LogP contribution in [0.3, 0.4) is 0 Å². The largest absolute Gasteiger partial charge is 0.496 e. The summed E-state index contributed by atoms with van der Waals surface area (Å²) in [5.41, 5.74) is -0.0767. The van der Waals surface area contributed by atoms with Gasteiger partial charge in [-0.1, -0.05) is 0 Å². The minimum Gasteiger partial charge on any atom is -0.496 e. The number of ether oxygens (including phenoxy) is 3. The summed E-state index contributed by atoms with van der Waals surface area (Å²) >= 11 is 0. The van der Waals surface area contributed by atoms with Gasteiger partial charge < -0.3 is 14.2 Å². The third-order valence-electron chi connectivity index (χ3n) is 3.17. The lowest BCUT2D eigenvalue weighted by molar-refractivity contribution is 0.0478. The molecule has 0 radical (unpaired) electrons. The van der Waals surface area contributed by atoms with E-state index in [9.17, 15) is 13.2 Å². The van der Waals surface area contributed by atoms with Gasteiger partial charge in [0.2, 0.25) is 10.0 Å². The van der Waals surface area contributed by atoms with Crippen LogP contribution in [-0.2, 0) is 14.8 Å². The Morgan fingerprint density at radius 3 is 2.43 bits per heavy atom. The van der Waals surface area contributed by atoms with Gasteiger partial charge in [0.1, 0.15) is 16.2 Å². The summed E-state index contributed by atoms with van der Waals surface area (Å²) in [6.07, 6.45) is 2.05. The molecular weight excluding hydrogens is 298 g/mol. The van der Waals surface area contributed by atoms with Crippen LogP contribution < -0.4 is 14.6 Å². The molecule has 0 bridgehead atoms. The van der Waals surface area contributed by atoms with E-state index >= 15 is 0 Å². The van der Waals surface area contributed by atoms with Crippen molar-refractivity contribution in [1.29, 1.82) is 0 Å². The highest BCUT2D eigenvalue weighted by Gasteiger charge is 2.29. The molecule has 1 aromatic carbocycles. The second-order valence-electron chi connectivity index (χ2n) is 4.76. The minimum absolute atomic E-state index is 0.0767. The Bertz CT molecular complexity index is 651. The SMILES string of the molecule is COc1ccc(S(N)(=O)=O)c(OC)c1C(=O)OCC1CC1. The van der Waals surface area contributed by atoms with Gasteiger partial charge in [-0.3, -0.25) is 0 Å². The Morgan fingerprint density at radius 1 is 1.29 bits per heavy atom. The summed E-state index contributed by atoms with van der Waals surface area (Å²) in [7, 11) is -1.42. The fourth-order valence-electron chi connectivity index (χ4n) is 1.89. The fourth-order valence-corrected chi connectivity index (χ4v) is 2.59. The van der Waals surface area contributed by atoms with Crippen molar-refractivity contribution in [3.63, 3.8) is 0 Å². The van der Waals surface area contributed by atoms with E-state index in [4.69, 9.17) is 19.3 Å². The van der Waals surface area contributed by atoms with Crippen LogP contribution in [-0.4, -0.2) is 35.2 Å². The van der Waals surface area contributed by atoms with Crippen LogP contribution in [0.2, 0.25) is 0 Å². The normalized spacial score (nSPS) is 14.6. The summed E-state index contributed by atoms with van der Waals surface area (Å²) in [5.74, 6) is -0.314. The van der Waals surface area contributed by atoms with Gasteiger partial charge in [-0.05, 0) is 30.9 Å². The Kier molecular flexibility index (Phi) is 4.38. The molecule has 2 rings (SSSR count). The Labute approximate surface area is 123 Å². The Hall–Kier alpha value is -1.80. The van der Waals surface area contributed by atoms with Crippen LogP contribution in [0.25, 0.3) is 0 Å². The van der Waals surface area contributed by atoms with Crippen molar-refractivity contribution in [2.24, 2.45) is 11.1 Å². The predicted molar refractivity (Wildman–Crippen MR) is 73.9 cm³/mol. The van der Waals surface area contributed by atoms with Crippen molar-refractivity contribution < 1.29 is 27.4 Å². The fraction of sp³-hybridized carbons (Fsp3) is 0.462. The van der Waals surface area contributed by atoms with E-state index in [0.29, 0.717) is 12.5 Å². The summed E-state index contributed by atoms with van der Waals surface area (Å²) in [5, 5.41) is 5.13. The molecule has 7 nitrogen and oxygen atoms in total. The summed E-state index contributed by atoms with van der Waals surface area (Å²) < 4.78 is 38.4. The molecule has 1 saturated carbocycles. The van der Waals surface area contributed by atoms with Gasteiger partial charge in [-0.2, -0.15) is 0 Å². The summed E-state index contributed by atoms with van der Waals surface area (Å²) in [6.45, 7) is 0.296. The maximum absolute atomic E-state index is 12.2. The van der Waals surface area contributed by atoms with E-state index in [1.807, 2.05) is 0 Å². The minimum atomic E-state index is -4.03. The summed E-state index contributed by atoms with van der Waals surface area (Å²) in [4.78, 5) is 11.9. The molecular formula is C13H17NO6S. The number of nitrogens with two attached hydrogens (primary N) is 1. The van der Waals surface area contributed by atoms with Crippen molar-refractivity contribution in [1.82, 2.24) is 0 Å². The smallest absolute Gasteiger partial charge is 0.345 e. The van der Waals surface area contributed by atoms with Crippen LogP contribution in [0.15, 0.2) is 17.0 Å². The van der Waals surface area contributed by atoms with Crippen LogP contribution in [0.4, 0.5) is 0 Å². The monoisotopic (exact) mass is 315 g/mol. The predicted octanol–water partition coefficient (Wildman–Crippen LogP) is 0.918. The number of sulfonamides is 1. The molecule has 0 saturated heterocycles. The van der Waals surface area contributed by atoms with Gasteiger partial charge >= 0.3 is 5.97 Å². The number of hydrogen-bond acceptors (Lipinski definition) is 6. The first-order chi connectivity index (χ1) is 9.88. The lowest BCUT2D eigenvalue weighted by Crippen LogP contribution is -2.17. The zero-order valence-electron chi connectivity index (χ0n) is 11.8. The number of carbonyl (C=O) groups is 1. The molecule has 0 atom stereocenters. The third kappa shape index (κ3) is 3.45. The van der Waals surface area contributed by atoms with Crippen LogP contribution in [0.5, 0.6) is 11.5 Å².